The molecule has 0 saturated heterocycles. The van der Waals surface area contributed by atoms with Crippen molar-refractivity contribution in [2.45, 2.75) is 18.9 Å². The lowest BCUT2D eigenvalue weighted by atomic mass is 10.1. The number of fused-ring (bicyclic) bond motifs is 1. The summed E-state index contributed by atoms with van der Waals surface area (Å²) in [6.45, 7) is 0. The van der Waals surface area contributed by atoms with Crippen molar-refractivity contribution < 1.29 is 28.3 Å². The first-order chi connectivity index (χ1) is 16.4. The van der Waals surface area contributed by atoms with Crippen molar-refractivity contribution in [3.63, 3.8) is 0 Å². The van der Waals surface area contributed by atoms with E-state index in [0.29, 0.717) is 21.7 Å². The Labute approximate surface area is 197 Å². The van der Waals surface area contributed by atoms with Crippen LogP contribution >= 0.6 is 11.3 Å². The Morgan fingerprint density at radius 1 is 1.18 bits per heavy atom. The fourth-order valence-corrected chi connectivity index (χ4v) is 4.37. The Morgan fingerprint density at radius 3 is 2.74 bits per heavy atom. The summed E-state index contributed by atoms with van der Waals surface area (Å²) in [5, 5.41) is 8.01. The number of carbonyl (C=O) groups excluding carboxylic acids is 4. The molecule has 34 heavy (non-hydrogen) atoms. The molecule has 4 rings (SSSR count). The molecule has 0 bridgehead atoms. The first kappa shape index (κ1) is 23.1. The molecule has 9 nitrogen and oxygen atoms in total. The van der Waals surface area contributed by atoms with Crippen molar-refractivity contribution in [1.82, 2.24) is 10.3 Å². The van der Waals surface area contributed by atoms with E-state index in [2.05, 4.69) is 20.9 Å². The van der Waals surface area contributed by atoms with Crippen LogP contribution in [0.1, 0.15) is 33.7 Å². The van der Waals surface area contributed by atoms with Crippen LogP contribution in [0.2, 0.25) is 0 Å². The minimum Gasteiger partial charge on any atom is -0.464 e. The zero-order valence-electron chi connectivity index (χ0n) is 17.9. The van der Waals surface area contributed by atoms with Gasteiger partial charge in [-0.2, -0.15) is 0 Å². The molecule has 1 unspecified atom stereocenters. The average Bonchev–Trinajstić information content (AvgIpc) is 3.19. The third-order valence-electron chi connectivity index (χ3n) is 5.05. The summed E-state index contributed by atoms with van der Waals surface area (Å²) < 4.78 is 18.4. The number of hydrogen-bond acceptors (Lipinski definition) is 7. The second-order valence-corrected chi connectivity index (χ2v) is 8.35. The molecule has 1 aliphatic heterocycles. The first-order valence-corrected chi connectivity index (χ1v) is 11.0. The number of thiazole rings is 1. The van der Waals surface area contributed by atoms with Crippen LogP contribution in [0.15, 0.2) is 48.5 Å². The van der Waals surface area contributed by atoms with Gasteiger partial charge in [-0.1, -0.05) is 35.6 Å². The molecule has 2 aromatic carbocycles. The minimum atomic E-state index is -0.907. The van der Waals surface area contributed by atoms with Crippen molar-refractivity contribution in [2.24, 2.45) is 0 Å². The number of ether oxygens (including phenoxy) is 1. The lowest BCUT2D eigenvalue weighted by Gasteiger charge is -2.13. The molecule has 1 aromatic heterocycles. The summed E-state index contributed by atoms with van der Waals surface area (Å²) in [5.41, 5.74) is 1.10. The second-order valence-electron chi connectivity index (χ2n) is 7.35. The van der Waals surface area contributed by atoms with Gasteiger partial charge in [0.15, 0.2) is 10.8 Å². The van der Waals surface area contributed by atoms with Crippen molar-refractivity contribution in [3.05, 3.63) is 65.6 Å². The van der Waals surface area contributed by atoms with Crippen molar-refractivity contribution >= 4 is 45.8 Å². The normalized spacial score (nSPS) is 14.9. The summed E-state index contributed by atoms with van der Waals surface area (Å²) in [6.07, 6.45) is -0.0550. The summed E-state index contributed by atoms with van der Waals surface area (Å²) in [4.78, 5) is 54.0. The lowest BCUT2D eigenvalue weighted by molar-refractivity contribution is -0.118. The number of carbonyl (C=O) groups is 4. The van der Waals surface area contributed by atoms with Gasteiger partial charge in [0.25, 0.3) is 5.91 Å². The van der Waals surface area contributed by atoms with Gasteiger partial charge in [-0.3, -0.25) is 14.4 Å². The van der Waals surface area contributed by atoms with Crippen LogP contribution in [0, 0.1) is 5.82 Å². The van der Waals surface area contributed by atoms with E-state index in [0.717, 1.165) is 11.3 Å². The summed E-state index contributed by atoms with van der Waals surface area (Å²) >= 11 is 0.991. The third-order valence-corrected chi connectivity index (χ3v) is 6.07. The largest absolute Gasteiger partial charge is 0.464 e. The van der Waals surface area contributed by atoms with Crippen molar-refractivity contribution in [3.8, 4) is 10.4 Å². The van der Waals surface area contributed by atoms with Crippen molar-refractivity contribution in [2.75, 3.05) is 17.7 Å². The van der Waals surface area contributed by atoms with Gasteiger partial charge >= 0.3 is 5.97 Å². The number of methoxy groups -OCH3 is 1. The van der Waals surface area contributed by atoms with E-state index in [-0.39, 0.29) is 23.7 Å². The molecule has 174 valence electrons. The van der Waals surface area contributed by atoms with Crippen LogP contribution in [-0.2, 0) is 14.3 Å². The number of halogens is 1. The van der Waals surface area contributed by atoms with Gasteiger partial charge in [-0.15, -0.1) is 0 Å². The average molecular weight is 482 g/mol. The number of aromatic nitrogens is 1. The zero-order valence-corrected chi connectivity index (χ0v) is 18.7. The number of nitrogens with one attached hydrogen (secondary N) is 3. The highest BCUT2D eigenvalue weighted by Crippen LogP contribution is 2.34. The maximum Gasteiger partial charge on any atom is 0.358 e. The highest BCUT2D eigenvalue weighted by atomic mass is 32.1. The van der Waals surface area contributed by atoms with Gasteiger partial charge in [-0.25, -0.2) is 14.2 Å². The quantitative estimate of drug-likeness (QED) is 0.463. The van der Waals surface area contributed by atoms with E-state index in [1.165, 1.54) is 25.3 Å². The summed E-state index contributed by atoms with van der Waals surface area (Å²) in [6, 6.07) is 11.3. The van der Waals surface area contributed by atoms with Gasteiger partial charge < -0.3 is 20.7 Å². The van der Waals surface area contributed by atoms with Gasteiger partial charge in [0, 0.05) is 6.42 Å². The highest BCUT2D eigenvalue weighted by Gasteiger charge is 2.28. The zero-order chi connectivity index (χ0) is 24.2. The smallest absolute Gasteiger partial charge is 0.358 e. The minimum absolute atomic E-state index is 0.0450. The number of amides is 3. The molecule has 1 aliphatic rings. The van der Waals surface area contributed by atoms with Crippen LogP contribution < -0.4 is 16.0 Å². The van der Waals surface area contributed by atoms with E-state index in [4.69, 9.17) is 4.74 Å². The van der Waals surface area contributed by atoms with Gasteiger partial charge in [0.2, 0.25) is 11.8 Å². The standard InChI is InChI=1S/C23H19FN4O5S/c1-33-22(32)18-19(12-5-4-6-13(24)11-12)34-23(28-18)27-17(29)10-9-16-21(31)25-15-8-3-2-7-14(15)20(30)26-16/h2-8,11,16H,9-10H2,1H3,(H,25,31)(H,26,30)(H,27,28,29). The Kier molecular flexibility index (Phi) is 6.64. The molecule has 0 spiro atoms. The molecule has 3 aromatic rings. The fourth-order valence-electron chi connectivity index (χ4n) is 3.41. The predicted molar refractivity (Wildman–Crippen MR) is 123 cm³/mol. The van der Waals surface area contributed by atoms with E-state index in [9.17, 15) is 23.6 Å². The molecule has 1 atom stereocenters. The monoisotopic (exact) mass is 482 g/mol. The maximum atomic E-state index is 13.7. The first-order valence-electron chi connectivity index (χ1n) is 10.2. The fraction of sp³-hybridized carbons (Fsp3) is 0.174. The molecule has 3 amide bonds. The van der Waals surface area contributed by atoms with Gasteiger partial charge in [0.1, 0.15) is 11.9 Å². The van der Waals surface area contributed by atoms with Crippen LogP contribution in [0.25, 0.3) is 10.4 Å². The Bertz CT molecular complexity index is 1290. The summed E-state index contributed by atoms with van der Waals surface area (Å²) in [7, 11) is 1.19. The third kappa shape index (κ3) is 4.94. The SMILES string of the molecule is COC(=O)c1nc(NC(=O)CCC2NC(=O)c3ccccc3NC2=O)sc1-c1cccc(F)c1. The number of rotatable bonds is 6. The van der Waals surface area contributed by atoms with Crippen LogP contribution in [-0.4, -0.2) is 41.8 Å². The Balaban J connectivity index is 1.45. The highest BCUT2D eigenvalue weighted by molar-refractivity contribution is 7.19. The predicted octanol–water partition coefficient (Wildman–Crippen LogP) is 3.21. The maximum absolute atomic E-state index is 13.7. The molecule has 0 saturated carbocycles. The summed E-state index contributed by atoms with van der Waals surface area (Å²) in [5.74, 6) is -2.53. The number of benzene rings is 2. The number of esters is 1. The molecular formula is C23H19FN4O5S. The van der Waals surface area contributed by atoms with Crippen molar-refractivity contribution in [1.29, 1.82) is 0 Å². The van der Waals surface area contributed by atoms with Crippen LogP contribution in [0.5, 0.6) is 0 Å². The molecule has 0 aliphatic carbocycles. The second kappa shape index (κ2) is 9.79. The van der Waals surface area contributed by atoms with Crippen LogP contribution in [0.3, 0.4) is 0 Å². The molecule has 0 fully saturated rings. The van der Waals surface area contributed by atoms with E-state index < -0.39 is 35.5 Å². The molecule has 3 N–H and O–H groups in total. The Morgan fingerprint density at radius 2 is 1.97 bits per heavy atom. The van der Waals surface area contributed by atoms with Crippen LogP contribution in [0.4, 0.5) is 15.2 Å². The number of nitrogens with zero attached hydrogens (tertiary/aromatic N) is 1. The Hall–Kier alpha value is -4.12. The number of hydrogen-bond donors (Lipinski definition) is 3. The van der Waals surface area contributed by atoms with E-state index in [1.54, 1.807) is 30.3 Å². The molecule has 11 heteroatoms. The molecular weight excluding hydrogens is 463 g/mol. The molecule has 2 heterocycles. The number of para-hydroxylation sites is 1. The number of anilines is 2. The molecule has 0 radical (unpaired) electrons. The topological polar surface area (TPSA) is 126 Å². The van der Waals surface area contributed by atoms with Gasteiger partial charge in [0.05, 0.1) is 23.2 Å². The van der Waals surface area contributed by atoms with E-state index in [1.807, 2.05) is 0 Å². The lowest BCUT2D eigenvalue weighted by Crippen LogP contribution is -2.41. The van der Waals surface area contributed by atoms with E-state index >= 15 is 0 Å². The van der Waals surface area contributed by atoms with Gasteiger partial charge in [-0.05, 0) is 36.2 Å².